The van der Waals surface area contributed by atoms with E-state index in [1.807, 2.05) is 0 Å². The number of halogens is 2. The number of hydrogen-bond donors (Lipinski definition) is 0. The molecule has 0 N–H and O–H groups in total. The summed E-state index contributed by atoms with van der Waals surface area (Å²) >= 11 is 11.7. The second-order valence-electron chi connectivity index (χ2n) is 5.96. The van der Waals surface area contributed by atoms with Crippen LogP contribution in [0.5, 0.6) is 5.75 Å². The molecule has 0 aliphatic heterocycles. The zero-order chi connectivity index (χ0) is 21.2. The molecule has 3 aromatic carbocycles. The van der Waals surface area contributed by atoms with Gasteiger partial charge in [0, 0.05) is 10.0 Å². The molecule has 3 rings (SSSR count). The molecular formula is C20H16Cl2O5S2. The van der Waals surface area contributed by atoms with Gasteiger partial charge in [-0.05, 0) is 73.7 Å². The van der Waals surface area contributed by atoms with E-state index in [1.165, 1.54) is 60.7 Å². The Morgan fingerprint density at radius 3 is 1.62 bits per heavy atom. The Kier molecular flexibility index (Phi) is 6.24. The molecule has 0 unspecified atom stereocenters. The maximum absolute atomic E-state index is 13.2. The fourth-order valence-corrected chi connectivity index (χ4v) is 5.67. The van der Waals surface area contributed by atoms with Gasteiger partial charge in [0.15, 0.2) is 0 Å². The van der Waals surface area contributed by atoms with E-state index in [0.717, 1.165) is 6.07 Å². The van der Waals surface area contributed by atoms with Crippen LogP contribution in [-0.2, 0) is 19.7 Å². The largest absolute Gasteiger partial charge is 0.492 e. The third kappa shape index (κ3) is 4.43. The predicted octanol–water partition coefficient (Wildman–Crippen LogP) is 5.06. The monoisotopic (exact) mass is 470 g/mol. The molecule has 0 bridgehead atoms. The molecule has 0 heterocycles. The molecule has 0 saturated heterocycles. The van der Waals surface area contributed by atoms with Crippen LogP contribution in [0.4, 0.5) is 0 Å². The maximum Gasteiger partial charge on any atom is 0.210 e. The highest BCUT2D eigenvalue weighted by Crippen LogP contribution is 2.34. The van der Waals surface area contributed by atoms with Crippen molar-refractivity contribution in [3.05, 3.63) is 76.8 Å². The number of sulfone groups is 2. The van der Waals surface area contributed by atoms with Gasteiger partial charge in [0.1, 0.15) is 10.6 Å². The van der Waals surface area contributed by atoms with E-state index in [4.69, 9.17) is 27.9 Å². The molecule has 0 amide bonds. The van der Waals surface area contributed by atoms with E-state index < -0.39 is 19.7 Å². The Hall–Kier alpha value is -2.06. The first-order valence-electron chi connectivity index (χ1n) is 8.44. The molecule has 29 heavy (non-hydrogen) atoms. The molecule has 0 aliphatic rings. The zero-order valence-corrected chi connectivity index (χ0v) is 18.3. The van der Waals surface area contributed by atoms with Gasteiger partial charge in [0.2, 0.25) is 19.7 Å². The number of rotatable bonds is 6. The van der Waals surface area contributed by atoms with Gasteiger partial charge in [-0.3, -0.25) is 0 Å². The summed E-state index contributed by atoms with van der Waals surface area (Å²) in [5.41, 5.74) is 0. The van der Waals surface area contributed by atoms with E-state index in [2.05, 4.69) is 0 Å². The molecule has 152 valence electrons. The van der Waals surface area contributed by atoms with Gasteiger partial charge in [-0.15, -0.1) is 0 Å². The van der Waals surface area contributed by atoms with Crippen LogP contribution in [0.15, 0.2) is 86.3 Å². The molecule has 0 radical (unpaired) electrons. The van der Waals surface area contributed by atoms with Gasteiger partial charge in [-0.1, -0.05) is 23.2 Å². The highest BCUT2D eigenvalue weighted by atomic mass is 35.5. The topological polar surface area (TPSA) is 77.5 Å². The van der Waals surface area contributed by atoms with E-state index in [9.17, 15) is 16.8 Å². The molecule has 0 aliphatic carbocycles. The average Bonchev–Trinajstić information content (AvgIpc) is 2.69. The van der Waals surface area contributed by atoms with Gasteiger partial charge in [0.25, 0.3) is 0 Å². The summed E-state index contributed by atoms with van der Waals surface area (Å²) in [4.78, 5) is -0.433. The number of benzene rings is 3. The van der Waals surface area contributed by atoms with Crippen molar-refractivity contribution in [2.75, 3.05) is 6.61 Å². The van der Waals surface area contributed by atoms with Crippen LogP contribution < -0.4 is 4.74 Å². The third-order valence-corrected chi connectivity index (χ3v) is 8.12. The first kappa shape index (κ1) is 21.6. The average molecular weight is 471 g/mol. The molecule has 5 nitrogen and oxygen atoms in total. The van der Waals surface area contributed by atoms with Crippen molar-refractivity contribution in [1.29, 1.82) is 0 Å². The second kappa shape index (κ2) is 8.36. The van der Waals surface area contributed by atoms with Crippen molar-refractivity contribution in [3.8, 4) is 5.75 Å². The Balaban J connectivity index is 2.18. The molecule has 0 aromatic heterocycles. The summed E-state index contributed by atoms with van der Waals surface area (Å²) in [7, 11) is -8.01. The lowest BCUT2D eigenvalue weighted by Crippen LogP contribution is -2.09. The number of ether oxygens (including phenoxy) is 1. The molecule has 0 saturated carbocycles. The normalized spacial score (nSPS) is 12.0. The van der Waals surface area contributed by atoms with Crippen LogP contribution in [0.1, 0.15) is 6.92 Å². The lowest BCUT2D eigenvalue weighted by molar-refractivity contribution is 0.330. The summed E-state index contributed by atoms with van der Waals surface area (Å²) in [6.07, 6.45) is 0. The molecule has 3 aromatic rings. The van der Waals surface area contributed by atoms with Gasteiger partial charge in [-0.2, -0.15) is 0 Å². The Labute approximate surface area is 179 Å². The quantitative estimate of drug-likeness (QED) is 0.503. The van der Waals surface area contributed by atoms with Crippen LogP contribution in [0.3, 0.4) is 0 Å². The minimum Gasteiger partial charge on any atom is -0.492 e. The minimum atomic E-state index is -4.05. The Morgan fingerprint density at radius 2 is 1.14 bits per heavy atom. The zero-order valence-electron chi connectivity index (χ0n) is 15.2. The highest BCUT2D eigenvalue weighted by molar-refractivity contribution is 7.92. The summed E-state index contributed by atoms with van der Waals surface area (Å²) < 4.78 is 57.7. The van der Waals surface area contributed by atoms with Crippen LogP contribution in [0.25, 0.3) is 0 Å². The molecule has 0 fully saturated rings. The summed E-state index contributed by atoms with van der Waals surface area (Å²) in [5.74, 6) is 0.0671. The van der Waals surface area contributed by atoms with E-state index in [1.54, 1.807) is 6.92 Å². The molecule has 9 heteroatoms. The van der Waals surface area contributed by atoms with Gasteiger partial charge >= 0.3 is 0 Å². The first-order chi connectivity index (χ1) is 13.7. The fraction of sp³-hybridized carbons (Fsp3) is 0.100. The second-order valence-corrected chi connectivity index (χ2v) is 10.7. The minimum absolute atomic E-state index is 0.000834. The van der Waals surface area contributed by atoms with E-state index >= 15 is 0 Å². The Bertz CT molecular complexity index is 1240. The molecule has 0 spiro atoms. The third-order valence-electron chi connectivity index (χ3n) is 4.06. The van der Waals surface area contributed by atoms with E-state index in [0.29, 0.717) is 10.0 Å². The van der Waals surface area contributed by atoms with Crippen molar-refractivity contribution in [2.45, 2.75) is 26.5 Å². The van der Waals surface area contributed by atoms with Crippen LogP contribution >= 0.6 is 23.2 Å². The SMILES string of the molecule is CCOc1ccc(S(=O)(=O)c2ccc(Cl)cc2)cc1S(=O)(=O)c1ccc(Cl)cc1. The van der Waals surface area contributed by atoms with Gasteiger partial charge in [-0.25, -0.2) is 16.8 Å². The van der Waals surface area contributed by atoms with Crippen molar-refractivity contribution in [2.24, 2.45) is 0 Å². The summed E-state index contributed by atoms with van der Waals surface area (Å²) in [5, 5.41) is 0.773. The predicted molar refractivity (Wildman–Crippen MR) is 111 cm³/mol. The van der Waals surface area contributed by atoms with Crippen molar-refractivity contribution >= 4 is 42.9 Å². The van der Waals surface area contributed by atoms with Crippen LogP contribution in [0.2, 0.25) is 10.0 Å². The van der Waals surface area contributed by atoms with Crippen LogP contribution in [0, 0.1) is 0 Å². The standard InChI is InChI=1S/C20H16Cl2O5S2/c1-2-27-19-12-11-18(28(23,24)16-7-3-14(21)4-8-16)13-20(19)29(25,26)17-9-5-15(22)6-10-17/h3-13H,2H2,1H3. The molecule has 0 atom stereocenters. The molecular weight excluding hydrogens is 455 g/mol. The lowest BCUT2D eigenvalue weighted by atomic mass is 10.3. The summed E-state index contributed by atoms with van der Waals surface area (Å²) in [6.45, 7) is 1.92. The van der Waals surface area contributed by atoms with Crippen molar-refractivity contribution in [1.82, 2.24) is 0 Å². The highest BCUT2D eigenvalue weighted by Gasteiger charge is 2.26. The lowest BCUT2D eigenvalue weighted by Gasteiger charge is -2.13. The van der Waals surface area contributed by atoms with Gasteiger partial charge < -0.3 is 4.74 Å². The summed E-state index contributed by atoms with van der Waals surface area (Å²) in [6, 6.07) is 15.0. The van der Waals surface area contributed by atoms with Gasteiger partial charge in [0.05, 0.1) is 21.3 Å². The first-order valence-corrected chi connectivity index (χ1v) is 12.2. The van der Waals surface area contributed by atoms with Crippen LogP contribution in [-0.4, -0.2) is 23.4 Å². The fourth-order valence-electron chi connectivity index (χ4n) is 2.63. The van der Waals surface area contributed by atoms with E-state index in [-0.39, 0.29) is 31.9 Å². The van der Waals surface area contributed by atoms with Crippen molar-refractivity contribution < 1.29 is 21.6 Å². The van der Waals surface area contributed by atoms with Crippen molar-refractivity contribution in [3.63, 3.8) is 0 Å². The number of hydrogen-bond acceptors (Lipinski definition) is 5. The Morgan fingerprint density at radius 1 is 0.690 bits per heavy atom. The maximum atomic E-state index is 13.2. The smallest absolute Gasteiger partial charge is 0.210 e.